The summed E-state index contributed by atoms with van der Waals surface area (Å²) in [4.78, 5) is 36.6. The van der Waals surface area contributed by atoms with Crippen molar-refractivity contribution in [3.05, 3.63) is 56.9 Å². The van der Waals surface area contributed by atoms with Crippen LogP contribution < -0.4 is 8.92 Å². The van der Waals surface area contributed by atoms with Gasteiger partial charge in [0.25, 0.3) is 11.1 Å². The molecule has 3 rings (SSSR count). The number of hydrogen-bond donors (Lipinski definition) is 0. The summed E-state index contributed by atoms with van der Waals surface area (Å²) in [5, 5.41) is -0.402. The molecule has 2 amide bonds. The Labute approximate surface area is 203 Å². The Balaban J connectivity index is 1.91. The SMILES string of the molecule is COC(=O)CN1C(=O)S/C(=C\c2cc(Cl)c(OS(=O)(=O)c3ccc(Cl)cc3)c(OC)c2)C1=O. The quantitative estimate of drug-likeness (QED) is 0.297. The van der Waals surface area contributed by atoms with Gasteiger partial charge in [0.1, 0.15) is 11.4 Å². The Kier molecular flexibility index (Phi) is 7.58. The fourth-order valence-electron chi connectivity index (χ4n) is 2.64. The zero-order chi connectivity index (χ0) is 24.3. The fourth-order valence-corrected chi connectivity index (χ4v) is 4.87. The number of halogens is 2. The summed E-state index contributed by atoms with van der Waals surface area (Å²) < 4.78 is 40.1. The van der Waals surface area contributed by atoms with Gasteiger partial charge in [-0.3, -0.25) is 19.3 Å². The summed E-state index contributed by atoms with van der Waals surface area (Å²) in [6.07, 6.45) is 1.36. The topological polar surface area (TPSA) is 116 Å². The van der Waals surface area contributed by atoms with E-state index in [0.29, 0.717) is 22.3 Å². The van der Waals surface area contributed by atoms with Crippen LogP contribution in [-0.2, 0) is 24.4 Å². The highest BCUT2D eigenvalue weighted by molar-refractivity contribution is 8.18. The second-order valence-electron chi connectivity index (χ2n) is 6.37. The zero-order valence-electron chi connectivity index (χ0n) is 17.0. The van der Waals surface area contributed by atoms with Gasteiger partial charge in [-0.15, -0.1) is 0 Å². The molecule has 13 heteroatoms. The van der Waals surface area contributed by atoms with Crippen LogP contribution in [0.5, 0.6) is 11.5 Å². The third-order valence-corrected chi connectivity index (χ3v) is 6.91. The Bertz CT molecular complexity index is 1260. The van der Waals surface area contributed by atoms with E-state index in [9.17, 15) is 22.8 Å². The molecule has 174 valence electrons. The highest BCUT2D eigenvalue weighted by Crippen LogP contribution is 2.40. The normalized spacial score (nSPS) is 15.2. The average Bonchev–Trinajstić information content (AvgIpc) is 3.02. The molecular formula is C20H15Cl2NO8S2. The second-order valence-corrected chi connectivity index (χ2v) is 9.75. The number of carbonyl (C=O) groups excluding carboxylic acids is 3. The fraction of sp³-hybridized carbons (Fsp3) is 0.150. The number of esters is 1. The number of carbonyl (C=O) groups is 3. The number of benzene rings is 2. The lowest BCUT2D eigenvalue weighted by molar-refractivity contribution is -0.143. The van der Waals surface area contributed by atoms with Crippen LogP contribution in [0.3, 0.4) is 0 Å². The van der Waals surface area contributed by atoms with Crippen LogP contribution in [-0.4, -0.2) is 51.2 Å². The number of imide groups is 1. The van der Waals surface area contributed by atoms with Crippen molar-refractivity contribution in [3.8, 4) is 11.5 Å². The standard InChI is InChI=1S/C20H15Cl2NO8S2/c1-29-15-8-11(9-16-19(25)23(20(26)32-16)10-17(24)30-2)7-14(22)18(15)31-33(27,28)13-5-3-12(21)4-6-13/h3-9H,10H2,1-2H3/b16-9-. The molecule has 0 saturated carbocycles. The lowest BCUT2D eigenvalue weighted by Gasteiger charge is -2.13. The largest absolute Gasteiger partial charge is 0.493 e. The lowest BCUT2D eigenvalue weighted by Crippen LogP contribution is -2.34. The molecular weight excluding hydrogens is 517 g/mol. The minimum Gasteiger partial charge on any atom is -0.493 e. The van der Waals surface area contributed by atoms with E-state index in [2.05, 4.69) is 4.74 Å². The van der Waals surface area contributed by atoms with Crippen LogP contribution in [0.15, 0.2) is 46.2 Å². The van der Waals surface area contributed by atoms with Crippen molar-refractivity contribution in [2.45, 2.75) is 4.90 Å². The molecule has 0 aromatic heterocycles. The number of methoxy groups -OCH3 is 2. The van der Waals surface area contributed by atoms with E-state index < -0.39 is 33.8 Å². The minimum atomic E-state index is -4.25. The Morgan fingerprint density at radius 1 is 1.12 bits per heavy atom. The van der Waals surface area contributed by atoms with Gasteiger partial charge in [-0.1, -0.05) is 23.2 Å². The van der Waals surface area contributed by atoms with Crippen molar-refractivity contribution < 1.29 is 36.5 Å². The third kappa shape index (κ3) is 5.61. The highest BCUT2D eigenvalue weighted by atomic mass is 35.5. The molecule has 9 nitrogen and oxygen atoms in total. The number of nitrogens with zero attached hydrogens (tertiary/aromatic N) is 1. The predicted molar refractivity (Wildman–Crippen MR) is 122 cm³/mol. The van der Waals surface area contributed by atoms with E-state index in [1.54, 1.807) is 0 Å². The van der Waals surface area contributed by atoms with E-state index in [1.165, 1.54) is 49.6 Å². The van der Waals surface area contributed by atoms with Gasteiger partial charge >= 0.3 is 16.1 Å². The zero-order valence-corrected chi connectivity index (χ0v) is 20.2. The van der Waals surface area contributed by atoms with Gasteiger partial charge in [-0.2, -0.15) is 8.42 Å². The van der Waals surface area contributed by atoms with Crippen molar-refractivity contribution >= 4 is 68.3 Å². The van der Waals surface area contributed by atoms with Crippen LogP contribution in [0, 0.1) is 0 Å². The summed E-state index contributed by atoms with van der Waals surface area (Å²) in [6, 6.07) is 8.06. The van der Waals surface area contributed by atoms with Gasteiger partial charge in [0, 0.05) is 5.02 Å². The first kappa shape index (κ1) is 24.9. The molecule has 0 spiro atoms. The Morgan fingerprint density at radius 3 is 2.39 bits per heavy atom. The Morgan fingerprint density at radius 2 is 1.79 bits per heavy atom. The monoisotopic (exact) mass is 531 g/mol. The van der Waals surface area contributed by atoms with Crippen LogP contribution in [0.4, 0.5) is 4.79 Å². The van der Waals surface area contributed by atoms with Crippen molar-refractivity contribution in [1.82, 2.24) is 4.90 Å². The van der Waals surface area contributed by atoms with E-state index >= 15 is 0 Å². The molecule has 1 fully saturated rings. The molecule has 2 aromatic carbocycles. The van der Waals surface area contributed by atoms with Crippen molar-refractivity contribution in [2.24, 2.45) is 0 Å². The lowest BCUT2D eigenvalue weighted by atomic mass is 10.2. The molecule has 2 aromatic rings. The van der Waals surface area contributed by atoms with Gasteiger partial charge in [0.05, 0.1) is 24.1 Å². The maximum Gasteiger partial charge on any atom is 0.339 e. The molecule has 0 atom stereocenters. The Hall–Kier alpha value is -2.73. The van der Waals surface area contributed by atoms with Gasteiger partial charge in [-0.05, 0) is 59.8 Å². The smallest absolute Gasteiger partial charge is 0.339 e. The summed E-state index contributed by atoms with van der Waals surface area (Å²) in [7, 11) is -1.83. The van der Waals surface area contributed by atoms with Gasteiger partial charge in [-0.25, -0.2) is 0 Å². The van der Waals surface area contributed by atoms with Crippen LogP contribution >= 0.6 is 35.0 Å². The van der Waals surface area contributed by atoms with Crippen molar-refractivity contribution in [1.29, 1.82) is 0 Å². The third-order valence-electron chi connectivity index (χ3n) is 4.23. The van der Waals surface area contributed by atoms with Crippen LogP contribution in [0.25, 0.3) is 6.08 Å². The van der Waals surface area contributed by atoms with E-state index in [1.807, 2.05) is 0 Å². The van der Waals surface area contributed by atoms with Crippen LogP contribution in [0.1, 0.15) is 5.56 Å². The molecule has 1 heterocycles. The second kappa shape index (κ2) is 10.0. The number of thioether (sulfide) groups is 1. The molecule has 1 aliphatic rings. The van der Waals surface area contributed by atoms with Crippen LogP contribution in [0.2, 0.25) is 10.0 Å². The number of rotatable bonds is 7. The highest BCUT2D eigenvalue weighted by Gasteiger charge is 2.36. The summed E-state index contributed by atoms with van der Waals surface area (Å²) in [5.41, 5.74) is 0.330. The molecule has 0 N–H and O–H groups in total. The maximum absolute atomic E-state index is 12.6. The molecule has 0 unspecified atom stereocenters. The molecule has 1 aliphatic heterocycles. The molecule has 0 aliphatic carbocycles. The number of hydrogen-bond acceptors (Lipinski definition) is 9. The van der Waals surface area contributed by atoms with Crippen molar-refractivity contribution in [2.75, 3.05) is 20.8 Å². The van der Waals surface area contributed by atoms with E-state index in [4.69, 9.17) is 32.1 Å². The number of amides is 2. The summed E-state index contributed by atoms with van der Waals surface area (Å²) >= 11 is 12.7. The molecule has 1 saturated heterocycles. The first-order valence-corrected chi connectivity index (χ1v) is 11.9. The van der Waals surface area contributed by atoms with E-state index in [0.717, 1.165) is 12.0 Å². The first-order chi connectivity index (χ1) is 15.6. The van der Waals surface area contributed by atoms with Gasteiger partial charge < -0.3 is 13.7 Å². The average molecular weight is 532 g/mol. The predicted octanol–water partition coefficient (Wildman–Crippen LogP) is 3.98. The molecule has 0 bridgehead atoms. The van der Waals surface area contributed by atoms with Gasteiger partial charge in [0.2, 0.25) is 5.75 Å². The summed E-state index contributed by atoms with van der Waals surface area (Å²) in [5.74, 6) is -1.71. The van der Waals surface area contributed by atoms with E-state index in [-0.39, 0.29) is 26.3 Å². The first-order valence-electron chi connectivity index (χ1n) is 8.95. The van der Waals surface area contributed by atoms with Gasteiger partial charge in [0.15, 0.2) is 5.75 Å². The number of ether oxygens (including phenoxy) is 2. The minimum absolute atomic E-state index is 0.0277. The molecule has 33 heavy (non-hydrogen) atoms. The maximum atomic E-state index is 12.6. The molecule has 0 radical (unpaired) electrons. The summed E-state index contributed by atoms with van der Waals surface area (Å²) in [6.45, 7) is -0.516. The van der Waals surface area contributed by atoms with Crippen molar-refractivity contribution in [3.63, 3.8) is 0 Å².